The number of nitrogens with zero attached hydrogens (tertiary/aromatic N) is 2. The molecule has 0 saturated heterocycles. The number of hydrogen-bond donors (Lipinski definition) is 0. The fourth-order valence-corrected chi connectivity index (χ4v) is 5.00. The summed E-state index contributed by atoms with van der Waals surface area (Å²) in [6, 6.07) is 8.03. The fourth-order valence-electron chi connectivity index (χ4n) is 3.66. The predicted octanol–water partition coefficient (Wildman–Crippen LogP) is 4.36. The number of hydrogen-bond acceptors (Lipinski definition) is 4. The van der Waals surface area contributed by atoms with Crippen molar-refractivity contribution in [1.29, 1.82) is 0 Å². The molecule has 0 aliphatic heterocycles. The Labute approximate surface area is 157 Å². The van der Waals surface area contributed by atoms with E-state index in [0.29, 0.717) is 19.1 Å². The first kappa shape index (κ1) is 17.3. The molecule has 0 bridgehead atoms. The molecular formula is C21H24N2O2S. The zero-order chi connectivity index (χ0) is 18.1. The van der Waals surface area contributed by atoms with Gasteiger partial charge in [0.05, 0.1) is 18.3 Å². The lowest BCUT2D eigenvalue weighted by Crippen LogP contribution is -2.22. The monoisotopic (exact) mass is 368 g/mol. The first-order valence-electron chi connectivity index (χ1n) is 9.31. The van der Waals surface area contributed by atoms with Crippen molar-refractivity contribution < 1.29 is 4.74 Å². The van der Waals surface area contributed by atoms with E-state index in [2.05, 4.69) is 24.9 Å². The summed E-state index contributed by atoms with van der Waals surface area (Å²) >= 11 is 1.70. The first-order valence-corrected chi connectivity index (χ1v) is 10.1. The zero-order valence-corrected chi connectivity index (χ0v) is 16.1. The Kier molecular flexibility index (Phi) is 4.81. The van der Waals surface area contributed by atoms with Gasteiger partial charge in [-0.1, -0.05) is 19.1 Å². The highest BCUT2D eigenvalue weighted by Crippen LogP contribution is 2.35. The largest absolute Gasteiger partial charge is 0.494 e. The minimum atomic E-state index is 0.109. The van der Waals surface area contributed by atoms with Gasteiger partial charge in [-0.15, -0.1) is 11.3 Å². The topological polar surface area (TPSA) is 44.1 Å². The third-order valence-electron chi connectivity index (χ3n) is 5.08. The lowest BCUT2D eigenvalue weighted by molar-refractivity contribution is 0.300. The van der Waals surface area contributed by atoms with Crippen LogP contribution in [-0.4, -0.2) is 16.2 Å². The Morgan fingerprint density at radius 1 is 1.38 bits per heavy atom. The summed E-state index contributed by atoms with van der Waals surface area (Å²) in [6.45, 7) is 5.56. The number of thiophene rings is 1. The van der Waals surface area contributed by atoms with Gasteiger partial charge in [0.25, 0.3) is 5.56 Å². The molecule has 5 heteroatoms. The maximum absolute atomic E-state index is 12.9. The summed E-state index contributed by atoms with van der Waals surface area (Å²) in [5, 5.41) is 0.860. The van der Waals surface area contributed by atoms with E-state index in [1.807, 2.05) is 18.2 Å². The molecule has 0 fully saturated rings. The van der Waals surface area contributed by atoms with E-state index in [-0.39, 0.29) is 5.56 Å². The Bertz CT molecular complexity index is 989. The lowest BCUT2D eigenvalue weighted by atomic mass is 9.89. The third kappa shape index (κ3) is 3.40. The predicted molar refractivity (Wildman–Crippen MR) is 106 cm³/mol. The Morgan fingerprint density at radius 3 is 3.12 bits per heavy atom. The summed E-state index contributed by atoms with van der Waals surface area (Å²) < 4.78 is 7.53. The van der Waals surface area contributed by atoms with Crippen LogP contribution in [0, 0.1) is 12.8 Å². The molecule has 3 aromatic rings. The molecule has 26 heavy (non-hydrogen) atoms. The van der Waals surface area contributed by atoms with Crippen molar-refractivity contribution in [2.45, 2.75) is 46.1 Å². The molecule has 1 atom stereocenters. The van der Waals surface area contributed by atoms with Crippen LogP contribution in [0.25, 0.3) is 10.2 Å². The fraction of sp³-hybridized carbons (Fsp3) is 0.429. The second-order valence-electron chi connectivity index (χ2n) is 7.29. The molecule has 1 aliphatic rings. The van der Waals surface area contributed by atoms with Crippen LogP contribution in [0.15, 0.2) is 35.4 Å². The first-order chi connectivity index (χ1) is 12.6. The number of ether oxygens (including phenoxy) is 1. The van der Waals surface area contributed by atoms with Crippen LogP contribution in [-0.2, 0) is 19.4 Å². The van der Waals surface area contributed by atoms with Crippen molar-refractivity contribution in [3.8, 4) is 5.75 Å². The summed E-state index contributed by atoms with van der Waals surface area (Å²) in [6.07, 6.45) is 5.73. The van der Waals surface area contributed by atoms with Gasteiger partial charge in [-0.05, 0) is 61.8 Å². The lowest BCUT2D eigenvalue weighted by Gasteiger charge is -2.17. The zero-order valence-electron chi connectivity index (χ0n) is 15.3. The highest BCUT2D eigenvalue weighted by Gasteiger charge is 2.23. The van der Waals surface area contributed by atoms with Crippen molar-refractivity contribution in [3.63, 3.8) is 0 Å². The van der Waals surface area contributed by atoms with Crippen LogP contribution in [0.3, 0.4) is 0 Å². The Hall–Kier alpha value is -2.14. The molecule has 0 N–H and O–H groups in total. The van der Waals surface area contributed by atoms with Crippen LogP contribution in [0.5, 0.6) is 5.75 Å². The van der Waals surface area contributed by atoms with Gasteiger partial charge in [0.2, 0.25) is 0 Å². The molecule has 4 rings (SSSR count). The minimum absolute atomic E-state index is 0.109. The van der Waals surface area contributed by atoms with Crippen molar-refractivity contribution in [1.82, 2.24) is 9.55 Å². The second-order valence-corrected chi connectivity index (χ2v) is 8.38. The average molecular weight is 369 g/mol. The highest BCUT2D eigenvalue weighted by molar-refractivity contribution is 7.18. The number of aryl methyl sites for hydroxylation is 3. The van der Waals surface area contributed by atoms with Crippen LogP contribution in [0.1, 0.15) is 35.8 Å². The van der Waals surface area contributed by atoms with Crippen molar-refractivity contribution in [2.24, 2.45) is 5.92 Å². The second kappa shape index (κ2) is 7.23. The molecule has 0 radical (unpaired) electrons. The standard InChI is InChI=1S/C21H24N2O2S/c1-14-5-3-6-16(11-14)25-10-4-9-23-13-22-20-19(21(23)24)17-8-7-15(2)12-18(17)26-20/h3,5-6,11,13,15H,4,7-10,12H2,1-2H3/t15-/m1/s1. The molecule has 0 saturated carbocycles. The normalized spacial score (nSPS) is 16.6. The highest BCUT2D eigenvalue weighted by atomic mass is 32.1. The summed E-state index contributed by atoms with van der Waals surface area (Å²) in [7, 11) is 0. The van der Waals surface area contributed by atoms with Gasteiger partial charge in [0, 0.05) is 11.4 Å². The van der Waals surface area contributed by atoms with E-state index >= 15 is 0 Å². The van der Waals surface area contributed by atoms with Crippen LogP contribution >= 0.6 is 11.3 Å². The summed E-state index contributed by atoms with van der Waals surface area (Å²) in [4.78, 5) is 19.8. The van der Waals surface area contributed by atoms with Crippen LogP contribution < -0.4 is 10.3 Å². The van der Waals surface area contributed by atoms with E-state index in [0.717, 1.165) is 41.6 Å². The van der Waals surface area contributed by atoms with Crippen LogP contribution in [0.2, 0.25) is 0 Å². The van der Waals surface area contributed by atoms with E-state index < -0.39 is 0 Å². The maximum Gasteiger partial charge on any atom is 0.262 e. The Balaban J connectivity index is 1.47. The van der Waals surface area contributed by atoms with Gasteiger partial charge in [-0.3, -0.25) is 9.36 Å². The quantitative estimate of drug-likeness (QED) is 0.629. The van der Waals surface area contributed by atoms with Gasteiger partial charge in [-0.2, -0.15) is 0 Å². The molecule has 0 amide bonds. The summed E-state index contributed by atoms with van der Waals surface area (Å²) in [5.74, 6) is 1.59. The van der Waals surface area contributed by atoms with Crippen molar-refractivity contribution in [2.75, 3.05) is 6.61 Å². The average Bonchev–Trinajstić information content (AvgIpc) is 2.98. The SMILES string of the molecule is Cc1cccc(OCCCn2cnc3sc4c(c3c2=O)CC[C@@H](C)C4)c1. The molecule has 1 aromatic carbocycles. The van der Waals surface area contributed by atoms with Gasteiger partial charge >= 0.3 is 0 Å². The van der Waals surface area contributed by atoms with Gasteiger partial charge < -0.3 is 4.74 Å². The minimum Gasteiger partial charge on any atom is -0.494 e. The molecule has 2 heterocycles. The number of fused-ring (bicyclic) bond motifs is 3. The van der Waals surface area contributed by atoms with E-state index in [1.54, 1.807) is 22.2 Å². The van der Waals surface area contributed by atoms with E-state index in [9.17, 15) is 4.79 Å². The molecular weight excluding hydrogens is 344 g/mol. The van der Waals surface area contributed by atoms with Gasteiger partial charge in [-0.25, -0.2) is 4.98 Å². The maximum atomic E-state index is 12.9. The molecule has 2 aromatic heterocycles. The van der Waals surface area contributed by atoms with Gasteiger partial charge in [0.15, 0.2) is 0 Å². The third-order valence-corrected chi connectivity index (χ3v) is 6.25. The Morgan fingerprint density at radius 2 is 2.27 bits per heavy atom. The van der Waals surface area contributed by atoms with Crippen molar-refractivity contribution >= 4 is 21.6 Å². The molecule has 1 aliphatic carbocycles. The summed E-state index contributed by atoms with van der Waals surface area (Å²) in [5.41, 5.74) is 2.55. The number of benzene rings is 1. The van der Waals surface area contributed by atoms with Gasteiger partial charge in [0.1, 0.15) is 10.6 Å². The number of aromatic nitrogens is 2. The van der Waals surface area contributed by atoms with Crippen molar-refractivity contribution in [3.05, 3.63) is 57.0 Å². The molecule has 136 valence electrons. The van der Waals surface area contributed by atoms with Crippen LogP contribution in [0.4, 0.5) is 0 Å². The molecule has 0 spiro atoms. The smallest absolute Gasteiger partial charge is 0.262 e. The molecule has 0 unspecified atom stereocenters. The van der Waals surface area contributed by atoms with E-state index in [4.69, 9.17) is 4.74 Å². The molecule has 4 nitrogen and oxygen atoms in total. The van der Waals surface area contributed by atoms with E-state index in [1.165, 1.54) is 16.0 Å². The number of rotatable bonds is 5.